The molecule has 1 aromatic heterocycles. The van der Waals surface area contributed by atoms with Crippen molar-refractivity contribution in [1.29, 1.82) is 0 Å². The van der Waals surface area contributed by atoms with Gasteiger partial charge in [0, 0.05) is 23.5 Å². The van der Waals surface area contributed by atoms with E-state index in [0.29, 0.717) is 31.2 Å². The Bertz CT molecular complexity index is 982. The van der Waals surface area contributed by atoms with Crippen molar-refractivity contribution in [3.63, 3.8) is 0 Å². The van der Waals surface area contributed by atoms with E-state index in [1.165, 1.54) is 4.88 Å². The highest BCUT2D eigenvalue weighted by atomic mass is 32.1. The molecule has 1 aliphatic rings. The summed E-state index contributed by atoms with van der Waals surface area (Å²) >= 11 is 1.71. The number of benzene rings is 1. The minimum atomic E-state index is -0.378. The van der Waals surface area contributed by atoms with Crippen LogP contribution in [0.25, 0.3) is 0 Å². The molecule has 0 aliphatic carbocycles. The maximum atomic E-state index is 13.6. The van der Waals surface area contributed by atoms with Crippen LogP contribution in [-0.4, -0.2) is 60.6 Å². The van der Waals surface area contributed by atoms with E-state index >= 15 is 0 Å². The van der Waals surface area contributed by atoms with Crippen LogP contribution in [0.15, 0.2) is 35.7 Å². The van der Waals surface area contributed by atoms with Crippen molar-refractivity contribution in [2.75, 3.05) is 33.4 Å². The van der Waals surface area contributed by atoms with E-state index in [9.17, 15) is 9.59 Å². The molecule has 0 spiro atoms. The first-order chi connectivity index (χ1) is 16.1. The highest BCUT2D eigenvalue weighted by Gasteiger charge is 2.34. The van der Waals surface area contributed by atoms with E-state index in [1.54, 1.807) is 23.3 Å². The second kappa shape index (κ2) is 11.1. The Morgan fingerprint density at radius 3 is 2.56 bits per heavy atom. The number of fused-ring (bicyclic) bond motifs is 1. The maximum Gasteiger partial charge on any atom is 0.318 e. The number of hydrogen-bond donors (Lipinski definition) is 1. The summed E-state index contributed by atoms with van der Waals surface area (Å²) < 4.78 is 11.6. The topological polar surface area (TPSA) is 71.1 Å². The van der Waals surface area contributed by atoms with Crippen LogP contribution in [0.3, 0.4) is 0 Å². The Morgan fingerprint density at radius 2 is 1.91 bits per heavy atom. The van der Waals surface area contributed by atoms with E-state index in [0.717, 1.165) is 12.0 Å². The van der Waals surface area contributed by atoms with E-state index in [2.05, 4.69) is 16.8 Å². The zero-order valence-corrected chi connectivity index (χ0v) is 21.9. The fourth-order valence-electron chi connectivity index (χ4n) is 4.10. The summed E-state index contributed by atoms with van der Waals surface area (Å²) in [6, 6.07) is 9.15. The minimum absolute atomic E-state index is 0.0325. The summed E-state index contributed by atoms with van der Waals surface area (Å²) in [4.78, 5) is 31.3. The molecule has 1 atom stereocenters. The van der Waals surface area contributed by atoms with Crippen molar-refractivity contribution in [2.45, 2.75) is 52.6 Å². The van der Waals surface area contributed by atoms with Gasteiger partial charge in [-0.15, -0.1) is 11.3 Å². The van der Waals surface area contributed by atoms with Crippen molar-refractivity contribution in [3.8, 4) is 11.5 Å². The number of urea groups is 1. The second-order valence-electron chi connectivity index (χ2n) is 10.1. The average Bonchev–Trinajstić information content (AvgIpc) is 3.24. The van der Waals surface area contributed by atoms with Gasteiger partial charge in [0.2, 0.25) is 5.91 Å². The van der Waals surface area contributed by atoms with E-state index in [-0.39, 0.29) is 36.0 Å². The van der Waals surface area contributed by atoms with Crippen LogP contribution in [0.5, 0.6) is 11.5 Å². The van der Waals surface area contributed by atoms with Gasteiger partial charge in [-0.05, 0) is 62.3 Å². The SMILES string of the molecule is COc1ccccc1OC[C@@H]1c2ccsc2CCN1C(=O)CN(CC(C)C)C(=O)NC(C)(C)C. The molecule has 0 saturated heterocycles. The van der Waals surface area contributed by atoms with E-state index < -0.39 is 0 Å². The van der Waals surface area contributed by atoms with Crippen LogP contribution in [0.4, 0.5) is 4.79 Å². The van der Waals surface area contributed by atoms with Gasteiger partial charge in [-0.25, -0.2) is 4.79 Å². The molecule has 3 rings (SSSR count). The molecule has 34 heavy (non-hydrogen) atoms. The smallest absolute Gasteiger partial charge is 0.318 e. The summed E-state index contributed by atoms with van der Waals surface area (Å²) in [5.41, 5.74) is 0.742. The number of ether oxygens (including phenoxy) is 2. The normalized spacial score (nSPS) is 15.6. The second-order valence-corrected chi connectivity index (χ2v) is 11.1. The van der Waals surface area contributed by atoms with Gasteiger partial charge >= 0.3 is 6.03 Å². The number of methoxy groups -OCH3 is 1. The fourth-order valence-corrected chi connectivity index (χ4v) is 5.02. The predicted molar refractivity (Wildman–Crippen MR) is 136 cm³/mol. The van der Waals surface area contributed by atoms with Crippen LogP contribution in [0.1, 0.15) is 51.1 Å². The number of nitrogens with zero attached hydrogens (tertiary/aromatic N) is 2. The molecule has 186 valence electrons. The molecule has 0 unspecified atom stereocenters. The van der Waals surface area contributed by atoms with Gasteiger partial charge in [0.25, 0.3) is 0 Å². The Labute approximate surface area is 207 Å². The first kappa shape index (κ1) is 25.9. The fraction of sp³-hybridized carbons (Fsp3) is 0.538. The van der Waals surface area contributed by atoms with Gasteiger partial charge in [0.15, 0.2) is 11.5 Å². The summed E-state index contributed by atoms with van der Waals surface area (Å²) in [5.74, 6) is 1.47. The van der Waals surface area contributed by atoms with Crippen molar-refractivity contribution in [3.05, 3.63) is 46.2 Å². The molecule has 0 fully saturated rings. The first-order valence-corrected chi connectivity index (χ1v) is 12.7. The highest BCUT2D eigenvalue weighted by molar-refractivity contribution is 7.10. The molecule has 2 aromatic rings. The van der Waals surface area contributed by atoms with Gasteiger partial charge in [-0.3, -0.25) is 4.79 Å². The number of hydrogen-bond acceptors (Lipinski definition) is 5. The third-order valence-electron chi connectivity index (χ3n) is 5.56. The third kappa shape index (κ3) is 6.65. The quantitative estimate of drug-likeness (QED) is 0.585. The molecule has 2 heterocycles. The Balaban J connectivity index is 1.79. The molecule has 0 bridgehead atoms. The molecule has 0 saturated carbocycles. The molecule has 1 aromatic carbocycles. The van der Waals surface area contributed by atoms with Gasteiger partial charge in [-0.1, -0.05) is 26.0 Å². The molecule has 3 amide bonds. The zero-order valence-electron chi connectivity index (χ0n) is 21.1. The van der Waals surface area contributed by atoms with Crippen LogP contribution < -0.4 is 14.8 Å². The number of carbonyl (C=O) groups excluding carboxylic acids is 2. The van der Waals surface area contributed by atoms with Crippen molar-refractivity contribution >= 4 is 23.3 Å². The third-order valence-corrected chi connectivity index (χ3v) is 6.56. The number of nitrogens with one attached hydrogen (secondary N) is 1. The lowest BCUT2D eigenvalue weighted by atomic mass is 10.0. The molecular weight excluding hydrogens is 450 g/mol. The standard InChI is InChI=1S/C26H37N3O4S/c1-18(2)15-28(25(31)27-26(3,4)5)16-24(30)29-13-11-23-19(12-14-34-23)20(29)17-33-22-10-8-7-9-21(22)32-6/h7-10,12,14,18,20H,11,13,15-17H2,1-6H3,(H,27,31)/t20-/m1/s1. The zero-order chi connectivity index (χ0) is 24.9. The van der Waals surface area contributed by atoms with Crippen LogP contribution in [-0.2, 0) is 11.2 Å². The van der Waals surface area contributed by atoms with Crippen LogP contribution >= 0.6 is 11.3 Å². The maximum absolute atomic E-state index is 13.6. The molecule has 1 N–H and O–H groups in total. The molecule has 0 radical (unpaired) electrons. The number of thiophene rings is 1. The monoisotopic (exact) mass is 487 g/mol. The molecule has 7 nitrogen and oxygen atoms in total. The summed E-state index contributed by atoms with van der Waals surface area (Å²) in [7, 11) is 1.61. The van der Waals surface area contributed by atoms with Crippen LogP contribution in [0, 0.1) is 5.92 Å². The Hall–Kier alpha value is -2.74. The summed E-state index contributed by atoms with van der Waals surface area (Å²) in [6.45, 7) is 11.4. The lowest BCUT2D eigenvalue weighted by molar-refractivity contribution is -0.135. The number of amides is 3. The van der Waals surface area contributed by atoms with Crippen molar-refractivity contribution in [1.82, 2.24) is 15.1 Å². The Morgan fingerprint density at radius 1 is 1.21 bits per heavy atom. The molecule has 8 heteroatoms. The number of carbonyl (C=O) groups is 2. The predicted octanol–water partition coefficient (Wildman–Crippen LogP) is 4.73. The van der Waals surface area contributed by atoms with Crippen molar-refractivity contribution in [2.24, 2.45) is 5.92 Å². The largest absolute Gasteiger partial charge is 0.493 e. The average molecular weight is 488 g/mol. The van der Waals surface area contributed by atoms with Gasteiger partial charge in [0.1, 0.15) is 13.2 Å². The lowest BCUT2D eigenvalue weighted by Gasteiger charge is -2.37. The van der Waals surface area contributed by atoms with E-state index in [4.69, 9.17) is 9.47 Å². The number of para-hydroxylation sites is 2. The number of rotatable bonds is 8. The van der Waals surface area contributed by atoms with Gasteiger partial charge in [-0.2, -0.15) is 0 Å². The van der Waals surface area contributed by atoms with E-state index in [1.807, 2.05) is 63.8 Å². The molecule has 1 aliphatic heterocycles. The van der Waals surface area contributed by atoms with Gasteiger partial charge < -0.3 is 24.6 Å². The lowest BCUT2D eigenvalue weighted by Crippen LogP contribution is -2.53. The summed E-state index contributed by atoms with van der Waals surface area (Å²) in [5, 5.41) is 5.06. The minimum Gasteiger partial charge on any atom is -0.493 e. The summed E-state index contributed by atoms with van der Waals surface area (Å²) in [6.07, 6.45) is 0.808. The van der Waals surface area contributed by atoms with Crippen molar-refractivity contribution < 1.29 is 19.1 Å². The highest BCUT2D eigenvalue weighted by Crippen LogP contribution is 2.35. The van der Waals surface area contributed by atoms with Gasteiger partial charge in [0.05, 0.1) is 13.2 Å². The van der Waals surface area contributed by atoms with Crippen LogP contribution in [0.2, 0.25) is 0 Å². The first-order valence-electron chi connectivity index (χ1n) is 11.8. The Kier molecular flexibility index (Phi) is 8.47. The molecular formula is C26H37N3O4S.